The van der Waals surface area contributed by atoms with Crippen LogP contribution in [-0.4, -0.2) is 49.8 Å². The second kappa shape index (κ2) is 10.1. The predicted octanol–water partition coefficient (Wildman–Crippen LogP) is 4.19. The van der Waals surface area contributed by atoms with E-state index in [0.717, 1.165) is 37.4 Å². The molecular weight excluding hydrogens is 366 g/mol. The van der Waals surface area contributed by atoms with Gasteiger partial charge in [0, 0.05) is 19.0 Å². The summed E-state index contributed by atoms with van der Waals surface area (Å²) in [5.41, 5.74) is 2.35. The van der Waals surface area contributed by atoms with Gasteiger partial charge >= 0.3 is 5.97 Å². The normalized spacial score (nSPS) is 17.6. The monoisotopic (exact) mass is 395 g/mol. The van der Waals surface area contributed by atoms with Gasteiger partial charge in [0.2, 0.25) is 0 Å². The SMILES string of the molecule is COc1ccc(C(/C=C/CN2CCCC(C(=O)O)C2)c2ccc(OC)cc2)cc1. The molecule has 1 heterocycles. The Labute approximate surface area is 172 Å². The third-order valence-corrected chi connectivity index (χ3v) is 5.50. The highest BCUT2D eigenvalue weighted by atomic mass is 16.5. The molecule has 2 aromatic carbocycles. The predicted molar refractivity (Wildman–Crippen MR) is 114 cm³/mol. The van der Waals surface area contributed by atoms with E-state index in [0.29, 0.717) is 6.54 Å². The van der Waals surface area contributed by atoms with Crippen LogP contribution in [-0.2, 0) is 4.79 Å². The first kappa shape index (κ1) is 20.9. The molecule has 1 fully saturated rings. The minimum Gasteiger partial charge on any atom is -0.497 e. The summed E-state index contributed by atoms with van der Waals surface area (Å²) < 4.78 is 10.6. The number of methoxy groups -OCH3 is 2. The highest BCUT2D eigenvalue weighted by Gasteiger charge is 2.24. The fourth-order valence-electron chi connectivity index (χ4n) is 3.81. The van der Waals surface area contributed by atoms with Gasteiger partial charge in [0.05, 0.1) is 20.1 Å². The van der Waals surface area contributed by atoms with Crippen molar-refractivity contribution >= 4 is 5.97 Å². The average Bonchev–Trinajstić information content (AvgIpc) is 2.77. The second-order valence-corrected chi connectivity index (χ2v) is 7.39. The molecular formula is C24H29NO4. The van der Waals surface area contributed by atoms with E-state index in [-0.39, 0.29) is 11.8 Å². The van der Waals surface area contributed by atoms with Crippen LogP contribution in [0.4, 0.5) is 0 Å². The van der Waals surface area contributed by atoms with Crippen molar-refractivity contribution < 1.29 is 19.4 Å². The second-order valence-electron chi connectivity index (χ2n) is 7.39. The molecule has 1 aliphatic heterocycles. The zero-order valence-electron chi connectivity index (χ0n) is 17.1. The lowest BCUT2D eigenvalue weighted by molar-refractivity contribution is -0.143. The molecule has 5 nitrogen and oxygen atoms in total. The Morgan fingerprint density at radius 2 is 1.62 bits per heavy atom. The molecule has 1 N–H and O–H groups in total. The van der Waals surface area contributed by atoms with Gasteiger partial charge in [-0.3, -0.25) is 9.69 Å². The molecule has 1 unspecified atom stereocenters. The number of allylic oxidation sites excluding steroid dienone is 1. The van der Waals surface area contributed by atoms with Gasteiger partial charge in [0.25, 0.3) is 0 Å². The number of carboxylic acids is 1. The lowest BCUT2D eigenvalue weighted by atomic mass is 9.90. The summed E-state index contributed by atoms with van der Waals surface area (Å²) in [5.74, 6) is 0.828. The van der Waals surface area contributed by atoms with E-state index in [4.69, 9.17) is 9.47 Å². The fraction of sp³-hybridized carbons (Fsp3) is 0.375. The van der Waals surface area contributed by atoms with Gasteiger partial charge < -0.3 is 14.6 Å². The number of ether oxygens (including phenoxy) is 2. The van der Waals surface area contributed by atoms with Crippen molar-refractivity contribution in [3.63, 3.8) is 0 Å². The van der Waals surface area contributed by atoms with Crippen molar-refractivity contribution in [1.29, 1.82) is 0 Å². The summed E-state index contributed by atoms with van der Waals surface area (Å²) >= 11 is 0. The largest absolute Gasteiger partial charge is 0.497 e. The van der Waals surface area contributed by atoms with Gasteiger partial charge in [-0.2, -0.15) is 0 Å². The number of hydrogen-bond donors (Lipinski definition) is 1. The van der Waals surface area contributed by atoms with Crippen LogP contribution in [0.25, 0.3) is 0 Å². The van der Waals surface area contributed by atoms with Crippen LogP contribution >= 0.6 is 0 Å². The lowest BCUT2D eigenvalue weighted by Crippen LogP contribution is -2.38. The van der Waals surface area contributed by atoms with E-state index in [1.165, 1.54) is 11.1 Å². The molecule has 0 saturated carbocycles. The highest BCUT2D eigenvalue weighted by molar-refractivity contribution is 5.70. The number of carboxylic acid groups (broad SMARTS) is 1. The molecule has 154 valence electrons. The highest BCUT2D eigenvalue weighted by Crippen LogP contribution is 2.29. The van der Waals surface area contributed by atoms with E-state index in [1.807, 2.05) is 24.3 Å². The number of likely N-dealkylation sites (tertiary alicyclic amines) is 1. The van der Waals surface area contributed by atoms with Crippen molar-refractivity contribution in [3.8, 4) is 11.5 Å². The topological polar surface area (TPSA) is 59.0 Å². The maximum absolute atomic E-state index is 11.3. The Kier molecular flexibility index (Phi) is 7.30. The molecule has 2 aromatic rings. The summed E-state index contributed by atoms with van der Waals surface area (Å²) in [6.07, 6.45) is 6.07. The molecule has 0 bridgehead atoms. The number of carbonyl (C=O) groups is 1. The number of piperidine rings is 1. The summed E-state index contributed by atoms with van der Waals surface area (Å²) in [6, 6.07) is 16.2. The summed E-state index contributed by atoms with van der Waals surface area (Å²) in [5, 5.41) is 9.29. The van der Waals surface area contributed by atoms with Crippen LogP contribution in [0.15, 0.2) is 60.7 Å². The summed E-state index contributed by atoms with van der Waals surface area (Å²) in [7, 11) is 3.33. The molecule has 0 amide bonds. The zero-order chi connectivity index (χ0) is 20.6. The average molecular weight is 395 g/mol. The van der Waals surface area contributed by atoms with E-state index >= 15 is 0 Å². The Hall–Kier alpha value is -2.79. The molecule has 29 heavy (non-hydrogen) atoms. The Morgan fingerprint density at radius 3 is 2.10 bits per heavy atom. The number of nitrogens with zero attached hydrogens (tertiary/aromatic N) is 1. The minimum atomic E-state index is -0.687. The molecule has 1 atom stereocenters. The molecule has 1 aliphatic rings. The van der Waals surface area contributed by atoms with Crippen LogP contribution in [0.1, 0.15) is 29.9 Å². The molecule has 1 saturated heterocycles. The van der Waals surface area contributed by atoms with Crippen molar-refractivity contribution in [2.45, 2.75) is 18.8 Å². The van der Waals surface area contributed by atoms with Gasteiger partial charge in [0.15, 0.2) is 0 Å². The Balaban J connectivity index is 1.76. The van der Waals surface area contributed by atoms with E-state index in [2.05, 4.69) is 41.3 Å². The summed E-state index contributed by atoms with van der Waals surface area (Å²) in [6.45, 7) is 2.33. The zero-order valence-corrected chi connectivity index (χ0v) is 17.1. The fourth-order valence-corrected chi connectivity index (χ4v) is 3.81. The smallest absolute Gasteiger partial charge is 0.307 e. The maximum atomic E-state index is 11.3. The first-order valence-electron chi connectivity index (χ1n) is 10.0. The third kappa shape index (κ3) is 5.61. The quantitative estimate of drug-likeness (QED) is 0.679. The molecule has 3 rings (SSSR count). The van der Waals surface area contributed by atoms with Crippen LogP contribution in [0.2, 0.25) is 0 Å². The molecule has 0 aliphatic carbocycles. The van der Waals surface area contributed by atoms with Crippen LogP contribution in [0, 0.1) is 5.92 Å². The van der Waals surface area contributed by atoms with Crippen LogP contribution in [0.3, 0.4) is 0 Å². The molecule has 0 radical (unpaired) electrons. The Morgan fingerprint density at radius 1 is 1.07 bits per heavy atom. The van der Waals surface area contributed by atoms with Crippen molar-refractivity contribution in [2.75, 3.05) is 33.9 Å². The van der Waals surface area contributed by atoms with Crippen molar-refractivity contribution in [3.05, 3.63) is 71.8 Å². The number of aliphatic carboxylic acids is 1. The van der Waals surface area contributed by atoms with Gasteiger partial charge in [-0.05, 0) is 54.8 Å². The summed E-state index contributed by atoms with van der Waals surface area (Å²) in [4.78, 5) is 13.5. The molecule has 5 heteroatoms. The molecule has 0 spiro atoms. The Bertz CT molecular complexity index is 766. The van der Waals surface area contributed by atoms with Gasteiger partial charge in [0.1, 0.15) is 11.5 Å². The minimum absolute atomic E-state index is 0.104. The first-order chi connectivity index (χ1) is 14.1. The van der Waals surface area contributed by atoms with Gasteiger partial charge in [-0.15, -0.1) is 0 Å². The van der Waals surface area contributed by atoms with Gasteiger partial charge in [-0.25, -0.2) is 0 Å². The maximum Gasteiger partial charge on any atom is 0.307 e. The van der Waals surface area contributed by atoms with Crippen molar-refractivity contribution in [1.82, 2.24) is 4.90 Å². The standard InChI is InChI=1S/C24H29NO4/c1-28-21-11-7-18(8-12-21)23(19-9-13-22(29-2)14-10-19)6-4-16-25-15-3-5-20(17-25)24(26)27/h4,6-14,20,23H,3,5,15-17H2,1-2H3,(H,26,27)/b6-4+. The molecule has 0 aromatic heterocycles. The van der Waals surface area contributed by atoms with Crippen LogP contribution in [0.5, 0.6) is 11.5 Å². The van der Waals surface area contributed by atoms with E-state index in [9.17, 15) is 9.90 Å². The third-order valence-electron chi connectivity index (χ3n) is 5.50. The van der Waals surface area contributed by atoms with Gasteiger partial charge in [-0.1, -0.05) is 36.4 Å². The lowest BCUT2D eigenvalue weighted by Gasteiger charge is -2.29. The number of hydrogen-bond acceptors (Lipinski definition) is 4. The van der Waals surface area contributed by atoms with Crippen molar-refractivity contribution in [2.24, 2.45) is 5.92 Å². The van der Waals surface area contributed by atoms with Crippen LogP contribution < -0.4 is 9.47 Å². The van der Waals surface area contributed by atoms with E-state index in [1.54, 1.807) is 14.2 Å². The number of rotatable bonds is 8. The number of benzene rings is 2. The first-order valence-corrected chi connectivity index (χ1v) is 10.0. The van der Waals surface area contributed by atoms with E-state index < -0.39 is 5.97 Å².